The summed E-state index contributed by atoms with van der Waals surface area (Å²) in [6.07, 6.45) is 7.07. The molecule has 0 spiro atoms. The van der Waals surface area contributed by atoms with Crippen molar-refractivity contribution < 1.29 is 9.59 Å². The van der Waals surface area contributed by atoms with Gasteiger partial charge in [0.15, 0.2) is 0 Å². The average Bonchev–Trinajstić information content (AvgIpc) is 2.61. The van der Waals surface area contributed by atoms with Gasteiger partial charge in [0.1, 0.15) is 0 Å². The van der Waals surface area contributed by atoms with E-state index in [-0.39, 0.29) is 17.7 Å². The van der Waals surface area contributed by atoms with Crippen molar-refractivity contribution in [1.82, 2.24) is 10.2 Å². The molecule has 0 aromatic heterocycles. The molecule has 0 aliphatic carbocycles. The number of hydrogen-bond donors (Lipinski definition) is 1. The van der Waals surface area contributed by atoms with E-state index in [1.54, 1.807) is 6.08 Å². The lowest BCUT2D eigenvalue weighted by Crippen LogP contribution is -2.42. The first kappa shape index (κ1) is 17.3. The van der Waals surface area contributed by atoms with Crippen LogP contribution in [0.3, 0.4) is 0 Å². The number of piperidine rings is 1. The number of nitrogens with one attached hydrogen (secondary N) is 1. The number of hydrogen-bond acceptors (Lipinski definition) is 2. The molecule has 0 unspecified atom stereocenters. The summed E-state index contributed by atoms with van der Waals surface area (Å²) in [5.74, 6) is 0.220. The molecule has 1 N–H and O–H groups in total. The fraction of sp³-hybridized carbons (Fsp3) is 0.474. The molecule has 1 aliphatic heterocycles. The van der Waals surface area contributed by atoms with Crippen LogP contribution in [0.15, 0.2) is 36.4 Å². The van der Waals surface area contributed by atoms with E-state index in [2.05, 4.69) is 12.2 Å². The van der Waals surface area contributed by atoms with Crippen LogP contribution in [-0.2, 0) is 9.59 Å². The Bertz CT molecular complexity index is 532. The summed E-state index contributed by atoms with van der Waals surface area (Å²) in [5.41, 5.74) is 1.02. The number of carbonyl (C=O) groups is 2. The standard InChI is InChI=1S/C19H26N2O2/c1-2-3-13-20-19(23)17-11-14-21(15-12-17)18(22)10-9-16-7-5-4-6-8-16/h4-10,17H,2-3,11-15H2,1H3,(H,20,23)/b10-9+. The summed E-state index contributed by atoms with van der Waals surface area (Å²) >= 11 is 0. The highest BCUT2D eigenvalue weighted by atomic mass is 16.2. The lowest BCUT2D eigenvalue weighted by molar-refractivity contribution is -0.132. The van der Waals surface area contributed by atoms with Gasteiger partial charge >= 0.3 is 0 Å². The Kier molecular flexibility index (Phi) is 6.85. The van der Waals surface area contributed by atoms with Gasteiger partial charge in [-0.15, -0.1) is 0 Å². The minimum Gasteiger partial charge on any atom is -0.356 e. The van der Waals surface area contributed by atoms with Crippen molar-refractivity contribution in [3.05, 3.63) is 42.0 Å². The van der Waals surface area contributed by atoms with E-state index in [1.165, 1.54) is 0 Å². The van der Waals surface area contributed by atoms with Crippen molar-refractivity contribution in [2.75, 3.05) is 19.6 Å². The summed E-state index contributed by atoms with van der Waals surface area (Å²) in [6, 6.07) is 9.79. The highest BCUT2D eigenvalue weighted by molar-refractivity contribution is 5.92. The summed E-state index contributed by atoms with van der Waals surface area (Å²) in [5, 5.41) is 2.99. The fourth-order valence-electron chi connectivity index (χ4n) is 2.73. The van der Waals surface area contributed by atoms with Gasteiger partial charge in [0, 0.05) is 31.6 Å². The molecule has 0 radical (unpaired) electrons. The van der Waals surface area contributed by atoms with Crippen molar-refractivity contribution in [2.24, 2.45) is 5.92 Å². The van der Waals surface area contributed by atoms with Crippen LogP contribution in [-0.4, -0.2) is 36.3 Å². The first-order valence-electron chi connectivity index (χ1n) is 8.50. The SMILES string of the molecule is CCCCNC(=O)C1CCN(C(=O)/C=C/c2ccccc2)CC1. The maximum absolute atomic E-state index is 12.2. The smallest absolute Gasteiger partial charge is 0.246 e. The van der Waals surface area contributed by atoms with Crippen LogP contribution in [0.1, 0.15) is 38.2 Å². The predicted molar refractivity (Wildman–Crippen MR) is 92.7 cm³/mol. The predicted octanol–water partition coefficient (Wildman–Crippen LogP) is 2.85. The van der Waals surface area contributed by atoms with Gasteiger partial charge < -0.3 is 10.2 Å². The third kappa shape index (κ3) is 5.55. The van der Waals surface area contributed by atoms with Gasteiger partial charge in [0.2, 0.25) is 11.8 Å². The maximum Gasteiger partial charge on any atom is 0.246 e. The highest BCUT2D eigenvalue weighted by Gasteiger charge is 2.26. The van der Waals surface area contributed by atoms with E-state index in [4.69, 9.17) is 0 Å². The van der Waals surface area contributed by atoms with Crippen molar-refractivity contribution >= 4 is 17.9 Å². The highest BCUT2D eigenvalue weighted by Crippen LogP contribution is 2.18. The van der Waals surface area contributed by atoms with Crippen LogP contribution in [0.5, 0.6) is 0 Å². The Balaban J connectivity index is 1.76. The Morgan fingerprint density at radius 3 is 2.57 bits per heavy atom. The summed E-state index contributed by atoms with van der Waals surface area (Å²) in [7, 11) is 0. The lowest BCUT2D eigenvalue weighted by Gasteiger charge is -2.30. The molecule has 1 aliphatic rings. The fourth-order valence-corrected chi connectivity index (χ4v) is 2.73. The summed E-state index contributed by atoms with van der Waals surface area (Å²) in [4.78, 5) is 26.1. The molecule has 0 saturated carbocycles. The number of unbranched alkanes of at least 4 members (excludes halogenated alkanes) is 1. The zero-order valence-corrected chi connectivity index (χ0v) is 13.8. The third-order valence-electron chi connectivity index (χ3n) is 4.22. The monoisotopic (exact) mass is 314 g/mol. The molecule has 1 aromatic rings. The average molecular weight is 314 g/mol. The Labute approximate surface area is 138 Å². The van der Waals surface area contributed by atoms with E-state index >= 15 is 0 Å². The molecule has 1 heterocycles. The lowest BCUT2D eigenvalue weighted by atomic mass is 9.95. The van der Waals surface area contributed by atoms with Gasteiger partial charge in [0.25, 0.3) is 0 Å². The van der Waals surface area contributed by atoms with Crippen LogP contribution in [0, 0.1) is 5.92 Å². The number of benzene rings is 1. The largest absolute Gasteiger partial charge is 0.356 e. The molecule has 1 fully saturated rings. The Hall–Kier alpha value is -2.10. The van der Waals surface area contributed by atoms with E-state index in [1.807, 2.05) is 41.3 Å². The van der Waals surface area contributed by atoms with E-state index < -0.39 is 0 Å². The second kappa shape index (κ2) is 9.13. The molecule has 2 amide bonds. The van der Waals surface area contributed by atoms with E-state index in [9.17, 15) is 9.59 Å². The zero-order chi connectivity index (χ0) is 16.5. The number of carbonyl (C=O) groups excluding carboxylic acids is 2. The summed E-state index contributed by atoms with van der Waals surface area (Å²) < 4.78 is 0. The maximum atomic E-state index is 12.2. The zero-order valence-electron chi connectivity index (χ0n) is 13.8. The van der Waals surface area contributed by atoms with Crippen molar-refractivity contribution in [3.8, 4) is 0 Å². The normalized spacial score (nSPS) is 15.8. The number of likely N-dealkylation sites (tertiary alicyclic amines) is 1. The molecule has 23 heavy (non-hydrogen) atoms. The van der Waals surface area contributed by atoms with Gasteiger partial charge in [-0.1, -0.05) is 43.7 Å². The molecular weight excluding hydrogens is 288 g/mol. The Morgan fingerprint density at radius 1 is 1.22 bits per heavy atom. The minimum absolute atomic E-state index is 0.0266. The second-order valence-corrected chi connectivity index (χ2v) is 5.99. The van der Waals surface area contributed by atoms with Gasteiger partial charge in [-0.05, 0) is 30.9 Å². The first-order valence-corrected chi connectivity index (χ1v) is 8.50. The molecule has 1 aromatic carbocycles. The number of nitrogens with zero attached hydrogens (tertiary/aromatic N) is 1. The van der Waals surface area contributed by atoms with Gasteiger partial charge in [-0.2, -0.15) is 0 Å². The molecule has 0 bridgehead atoms. The number of amides is 2. The van der Waals surface area contributed by atoms with Crippen LogP contribution in [0.4, 0.5) is 0 Å². The quantitative estimate of drug-likeness (QED) is 0.648. The molecule has 4 heteroatoms. The molecule has 124 valence electrons. The van der Waals surface area contributed by atoms with E-state index in [0.717, 1.165) is 37.8 Å². The van der Waals surface area contributed by atoms with Gasteiger partial charge in [0.05, 0.1) is 0 Å². The van der Waals surface area contributed by atoms with Crippen molar-refractivity contribution in [1.29, 1.82) is 0 Å². The topological polar surface area (TPSA) is 49.4 Å². The van der Waals surface area contributed by atoms with Crippen molar-refractivity contribution in [2.45, 2.75) is 32.6 Å². The van der Waals surface area contributed by atoms with Crippen LogP contribution >= 0.6 is 0 Å². The molecule has 0 atom stereocenters. The summed E-state index contributed by atoms with van der Waals surface area (Å²) in [6.45, 7) is 4.18. The first-order chi connectivity index (χ1) is 11.2. The molecule has 2 rings (SSSR count). The Morgan fingerprint density at radius 2 is 1.91 bits per heavy atom. The van der Waals surface area contributed by atoms with E-state index in [0.29, 0.717) is 13.1 Å². The number of rotatable bonds is 6. The van der Waals surface area contributed by atoms with Gasteiger partial charge in [-0.25, -0.2) is 0 Å². The van der Waals surface area contributed by atoms with Crippen LogP contribution in [0.25, 0.3) is 6.08 Å². The molecule has 4 nitrogen and oxygen atoms in total. The third-order valence-corrected chi connectivity index (χ3v) is 4.22. The minimum atomic E-state index is 0.0266. The van der Waals surface area contributed by atoms with Gasteiger partial charge in [-0.3, -0.25) is 9.59 Å². The van der Waals surface area contributed by atoms with Crippen LogP contribution in [0.2, 0.25) is 0 Å². The van der Waals surface area contributed by atoms with Crippen molar-refractivity contribution in [3.63, 3.8) is 0 Å². The van der Waals surface area contributed by atoms with Crippen LogP contribution < -0.4 is 5.32 Å². The second-order valence-electron chi connectivity index (χ2n) is 5.99. The molecule has 1 saturated heterocycles. The molecular formula is C19H26N2O2.